The number of esters is 1. The first kappa shape index (κ1) is 12.9. The molecule has 96 valence electrons. The van der Waals surface area contributed by atoms with E-state index in [1.165, 1.54) is 7.11 Å². The number of nitrogens with zero attached hydrogens (tertiary/aromatic N) is 1. The van der Waals surface area contributed by atoms with E-state index in [-0.39, 0.29) is 18.3 Å². The summed E-state index contributed by atoms with van der Waals surface area (Å²) in [7, 11) is 1.33. The van der Waals surface area contributed by atoms with Crippen molar-refractivity contribution < 1.29 is 14.3 Å². The number of amides is 1. The number of carbonyl (C=O) groups is 2. The zero-order chi connectivity index (χ0) is 13.3. The van der Waals surface area contributed by atoms with Crippen LogP contribution in [0.2, 0.25) is 5.02 Å². The Labute approximate surface area is 110 Å². The lowest BCUT2D eigenvalue weighted by Crippen LogP contribution is -2.26. The van der Waals surface area contributed by atoms with Crippen LogP contribution < -0.4 is 4.90 Å². The zero-order valence-corrected chi connectivity index (χ0v) is 11.0. The predicted molar refractivity (Wildman–Crippen MR) is 68.7 cm³/mol. The van der Waals surface area contributed by atoms with Crippen molar-refractivity contribution >= 4 is 29.2 Å². The quantitative estimate of drug-likeness (QED) is 0.772. The van der Waals surface area contributed by atoms with Crippen molar-refractivity contribution in [2.75, 3.05) is 18.6 Å². The van der Waals surface area contributed by atoms with Gasteiger partial charge in [-0.1, -0.05) is 23.7 Å². The van der Waals surface area contributed by atoms with Gasteiger partial charge in [0.2, 0.25) is 5.91 Å². The van der Waals surface area contributed by atoms with Crippen molar-refractivity contribution in [1.82, 2.24) is 0 Å². The minimum atomic E-state index is -0.404. The number of hydrogen-bond donors (Lipinski definition) is 0. The lowest BCUT2D eigenvalue weighted by molar-refractivity contribution is -0.145. The second-order valence-corrected chi connectivity index (χ2v) is 4.71. The van der Waals surface area contributed by atoms with Gasteiger partial charge in [0.25, 0.3) is 0 Å². The molecule has 0 saturated carbocycles. The first-order valence-electron chi connectivity index (χ1n) is 5.68. The molecule has 0 aromatic heterocycles. The zero-order valence-electron chi connectivity index (χ0n) is 10.3. The average molecular weight is 268 g/mol. The summed E-state index contributed by atoms with van der Waals surface area (Å²) < 4.78 is 4.67. The van der Waals surface area contributed by atoms with E-state index in [0.29, 0.717) is 17.3 Å². The summed E-state index contributed by atoms with van der Waals surface area (Å²) in [5.41, 5.74) is 1.57. The summed E-state index contributed by atoms with van der Waals surface area (Å²) in [4.78, 5) is 24.9. The monoisotopic (exact) mass is 267 g/mol. The highest BCUT2D eigenvalue weighted by Gasteiger charge is 2.36. The molecule has 0 aliphatic carbocycles. The van der Waals surface area contributed by atoms with Crippen LogP contribution in [0, 0.1) is 12.8 Å². The molecule has 1 saturated heterocycles. The molecule has 0 bridgehead atoms. The Kier molecular flexibility index (Phi) is 3.57. The molecule has 18 heavy (non-hydrogen) atoms. The van der Waals surface area contributed by atoms with Gasteiger partial charge in [-0.25, -0.2) is 0 Å². The summed E-state index contributed by atoms with van der Waals surface area (Å²) in [5.74, 6) is -0.855. The molecule has 2 rings (SSSR count). The molecule has 0 N–H and O–H groups in total. The molecular formula is C13H14ClNO3. The van der Waals surface area contributed by atoms with Gasteiger partial charge in [0.1, 0.15) is 0 Å². The maximum absolute atomic E-state index is 11.9. The van der Waals surface area contributed by atoms with E-state index < -0.39 is 5.92 Å². The average Bonchev–Trinajstić information content (AvgIpc) is 2.74. The van der Waals surface area contributed by atoms with Crippen LogP contribution in [0.1, 0.15) is 12.0 Å². The molecule has 0 radical (unpaired) electrons. The fourth-order valence-electron chi connectivity index (χ4n) is 2.11. The third-order valence-electron chi connectivity index (χ3n) is 3.12. The first-order chi connectivity index (χ1) is 8.54. The molecule has 4 nitrogen and oxygen atoms in total. The minimum absolute atomic E-state index is 0.0992. The third-order valence-corrected chi connectivity index (χ3v) is 3.61. The van der Waals surface area contributed by atoms with Gasteiger partial charge in [0, 0.05) is 13.0 Å². The van der Waals surface area contributed by atoms with Crippen molar-refractivity contribution in [3.63, 3.8) is 0 Å². The lowest BCUT2D eigenvalue weighted by atomic mass is 10.1. The number of rotatable bonds is 2. The second kappa shape index (κ2) is 4.98. The van der Waals surface area contributed by atoms with E-state index in [1.807, 2.05) is 19.1 Å². The molecule has 1 atom stereocenters. The lowest BCUT2D eigenvalue weighted by Gasteiger charge is -2.18. The molecule has 1 aliphatic heterocycles. The number of aryl methyl sites for hydroxylation is 1. The number of carbonyl (C=O) groups excluding carboxylic acids is 2. The maximum Gasteiger partial charge on any atom is 0.311 e. The summed E-state index contributed by atoms with van der Waals surface area (Å²) in [6.07, 6.45) is 0.178. The normalized spacial score (nSPS) is 19.2. The molecule has 5 heteroatoms. The number of methoxy groups -OCH3 is 1. The Bertz CT molecular complexity index is 501. The minimum Gasteiger partial charge on any atom is -0.469 e. The van der Waals surface area contributed by atoms with Crippen molar-refractivity contribution in [2.24, 2.45) is 5.92 Å². The van der Waals surface area contributed by atoms with Gasteiger partial charge in [-0.2, -0.15) is 0 Å². The predicted octanol–water partition coefficient (Wildman–Crippen LogP) is 2.17. The van der Waals surface area contributed by atoms with Crippen molar-refractivity contribution in [2.45, 2.75) is 13.3 Å². The molecule has 1 fully saturated rings. The van der Waals surface area contributed by atoms with Crippen LogP contribution in [-0.2, 0) is 14.3 Å². The molecule has 1 aliphatic rings. The largest absolute Gasteiger partial charge is 0.469 e. The molecule has 1 heterocycles. The second-order valence-electron chi connectivity index (χ2n) is 4.34. The van der Waals surface area contributed by atoms with Gasteiger partial charge in [-0.15, -0.1) is 0 Å². The van der Waals surface area contributed by atoms with Gasteiger partial charge in [0.15, 0.2) is 0 Å². The van der Waals surface area contributed by atoms with Crippen molar-refractivity contribution in [3.05, 3.63) is 28.8 Å². The molecule has 0 spiro atoms. The van der Waals surface area contributed by atoms with Gasteiger partial charge < -0.3 is 9.64 Å². The highest BCUT2D eigenvalue weighted by Crippen LogP contribution is 2.33. The highest BCUT2D eigenvalue weighted by atomic mass is 35.5. The molecule has 1 aromatic rings. The number of hydrogen-bond acceptors (Lipinski definition) is 3. The van der Waals surface area contributed by atoms with Crippen LogP contribution in [0.25, 0.3) is 0 Å². The number of benzene rings is 1. The van der Waals surface area contributed by atoms with Crippen LogP contribution in [0.3, 0.4) is 0 Å². The number of ether oxygens (including phenoxy) is 1. The van der Waals surface area contributed by atoms with E-state index in [2.05, 4.69) is 4.74 Å². The van der Waals surface area contributed by atoms with Crippen LogP contribution in [0.5, 0.6) is 0 Å². The fraction of sp³-hybridized carbons (Fsp3) is 0.385. The summed E-state index contributed by atoms with van der Waals surface area (Å²) in [5, 5.41) is 0.552. The van der Waals surface area contributed by atoms with Crippen molar-refractivity contribution in [3.8, 4) is 0 Å². The smallest absolute Gasteiger partial charge is 0.311 e. The Morgan fingerprint density at radius 3 is 2.89 bits per heavy atom. The van der Waals surface area contributed by atoms with E-state index in [4.69, 9.17) is 11.6 Å². The van der Waals surface area contributed by atoms with Crippen LogP contribution in [0.4, 0.5) is 5.69 Å². The molecule has 1 amide bonds. The number of anilines is 1. The molecule has 1 unspecified atom stereocenters. The van der Waals surface area contributed by atoms with Crippen LogP contribution in [0.15, 0.2) is 18.2 Å². The van der Waals surface area contributed by atoms with Gasteiger partial charge >= 0.3 is 5.97 Å². The van der Waals surface area contributed by atoms with Crippen LogP contribution >= 0.6 is 11.6 Å². The van der Waals surface area contributed by atoms with E-state index in [9.17, 15) is 9.59 Å². The first-order valence-corrected chi connectivity index (χ1v) is 6.05. The SMILES string of the molecule is COC(=O)C1CC(=O)N(c2cccc(C)c2Cl)C1. The number of halogens is 1. The summed E-state index contributed by atoms with van der Waals surface area (Å²) >= 11 is 6.19. The van der Waals surface area contributed by atoms with Gasteiger partial charge in [-0.3, -0.25) is 9.59 Å². The van der Waals surface area contributed by atoms with E-state index in [1.54, 1.807) is 11.0 Å². The van der Waals surface area contributed by atoms with E-state index in [0.717, 1.165) is 5.56 Å². The Morgan fingerprint density at radius 2 is 2.22 bits per heavy atom. The van der Waals surface area contributed by atoms with Gasteiger partial charge in [-0.05, 0) is 18.6 Å². The molecular weight excluding hydrogens is 254 g/mol. The van der Waals surface area contributed by atoms with Crippen molar-refractivity contribution in [1.29, 1.82) is 0 Å². The third kappa shape index (κ3) is 2.20. The Hall–Kier alpha value is -1.55. The summed E-state index contributed by atoms with van der Waals surface area (Å²) in [6, 6.07) is 5.51. The molecule has 1 aromatic carbocycles. The topological polar surface area (TPSA) is 46.6 Å². The highest BCUT2D eigenvalue weighted by molar-refractivity contribution is 6.34. The standard InChI is InChI=1S/C13H14ClNO3/c1-8-4-3-5-10(12(8)14)15-7-9(6-11(15)16)13(17)18-2/h3-5,9H,6-7H2,1-2H3. The van der Waals surface area contributed by atoms with Crippen LogP contribution in [-0.4, -0.2) is 25.5 Å². The Morgan fingerprint density at radius 1 is 1.50 bits per heavy atom. The Balaban J connectivity index is 2.27. The maximum atomic E-state index is 11.9. The fourth-order valence-corrected chi connectivity index (χ4v) is 2.33. The van der Waals surface area contributed by atoms with E-state index >= 15 is 0 Å². The van der Waals surface area contributed by atoms with Gasteiger partial charge in [0.05, 0.1) is 23.7 Å². The summed E-state index contributed by atoms with van der Waals surface area (Å²) in [6.45, 7) is 2.21.